The fourth-order valence-electron chi connectivity index (χ4n) is 0.788. The SMILES string of the molecule is CC(N)(c1csc(C(F)(F)F)n1)C(F)(F)F. The van der Waals surface area contributed by atoms with Crippen LogP contribution < -0.4 is 5.73 Å². The molecule has 0 aliphatic heterocycles. The summed E-state index contributed by atoms with van der Waals surface area (Å²) in [6.07, 6.45) is -9.62. The van der Waals surface area contributed by atoms with Crippen LogP contribution in [0.3, 0.4) is 0 Å². The number of halogens is 6. The summed E-state index contributed by atoms with van der Waals surface area (Å²) in [5.41, 5.74) is 1.21. The molecule has 1 heterocycles. The Bertz CT molecular complexity index is 377. The summed E-state index contributed by atoms with van der Waals surface area (Å²) in [4.78, 5) is 2.87. The van der Waals surface area contributed by atoms with Crippen LogP contribution in [-0.2, 0) is 11.7 Å². The van der Waals surface area contributed by atoms with Gasteiger partial charge in [0.05, 0.1) is 5.69 Å². The third-order valence-corrected chi connectivity index (χ3v) is 2.75. The molecule has 16 heavy (non-hydrogen) atoms. The van der Waals surface area contributed by atoms with E-state index in [1.165, 1.54) is 0 Å². The number of nitrogens with zero attached hydrogens (tertiary/aromatic N) is 1. The van der Waals surface area contributed by atoms with E-state index in [2.05, 4.69) is 4.98 Å². The highest BCUT2D eigenvalue weighted by Gasteiger charge is 2.51. The summed E-state index contributed by atoms with van der Waals surface area (Å²) in [7, 11) is 0. The Labute approximate surface area is 90.1 Å². The van der Waals surface area contributed by atoms with Gasteiger partial charge in [0.25, 0.3) is 0 Å². The summed E-state index contributed by atoms with van der Waals surface area (Å²) >= 11 is 0.0834. The van der Waals surface area contributed by atoms with Gasteiger partial charge in [0, 0.05) is 5.38 Å². The summed E-state index contributed by atoms with van der Waals surface area (Å²) in [6.45, 7) is 0.572. The van der Waals surface area contributed by atoms with Gasteiger partial charge in [-0.05, 0) is 6.92 Å². The molecule has 0 aliphatic carbocycles. The van der Waals surface area contributed by atoms with Crippen molar-refractivity contribution in [1.29, 1.82) is 0 Å². The average Bonchev–Trinajstić information content (AvgIpc) is 2.47. The molecule has 1 aromatic heterocycles. The van der Waals surface area contributed by atoms with Crippen molar-refractivity contribution in [3.05, 3.63) is 16.1 Å². The lowest BCUT2D eigenvalue weighted by atomic mass is 10.00. The predicted molar refractivity (Wildman–Crippen MR) is 44.7 cm³/mol. The van der Waals surface area contributed by atoms with Gasteiger partial charge in [-0.1, -0.05) is 0 Å². The van der Waals surface area contributed by atoms with Crippen LogP contribution in [0.4, 0.5) is 26.3 Å². The van der Waals surface area contributed by atoms with E-state index in [4.69, 9.17) is 5.73 Å². The zero-order valence-corrected chi connectivity index (χ0v) is 8.59. The number of hydrogen-bond donors (Lipinski definition) is 1. The third kappa shape index (κ3) is 2.29. The summed E-state index contributed by atoms with van der Waals surface area (Å²) in [5, 5.41) is -0.681. The van der Waals surface area contributed by atoms with Gasteiger partial charge in [0.15, 0.2) is 10.5 Å². The molecular weight excluding hydrogens is 258 g/mol. The topological polar surface area (TPSA) is 38.9 Å². The van der Waals surface area contributed by atoms with E-state index in [9.17, 15) is 26.3 Å². The molecule has 2 nitrogen and oxygen atoms in total. The van der Waals surface area contributed by atoms with Crippen LogP contribution >= 0.6 is 11.3 Å². The molecule has 0 saturated carbocycles. The number of hydrogen-bond acceptors (Lipinski definition) is 3. The number of aromatic nitrogens is 1. The number of nitrogens with two attached hydrogens (primary N) is 1. The molecule has 0 fully saturated rings. The largest absolute Gasteiger partial charge is 0.443 e. The normalized spacial score (nSPS) is 17.2. The van der Waals surface area contributed by atoms with Gasteiger partial charge in [-0.2, -0.15) is 26.3 Å². The van der Waals surface area contributed by atoms with Gasteiger partial charge >= 0.3 is 12.4 Å². The Morgan fingerprint density at radius 3 is 2.00 bits per heavy atom. The monoisotopic (exact) mass is 264 g/mol. The molecule has 1 atom stereocenters. The van der Waals surface area contributed by atoms with Crippen molar-refractivity contribution in [1.82, 2.24) is 4.98 Å². The maximum absolute atomic E-state index is 12.4. The minimum atomic E-state index is -4.86. The molecule has 0 radical (unpaired) electrons. The smallest absolute Gasteiger partial charge is 0.313 e. The third-order valence-electron chi connectivity index (χ3n) is 1.87. The van der Waals surface area contributed by atoms with Gasteiger partial charge in [-0.3, -0.25) is 0 Å². The van der Waals surface area contributed by atoms with Crippen molar-refractivity contribution >= 4 is 11.3 Å². The lowest BCUT2D eigenvalue weighted by Crippen LogP contribution is -2.48. The van der Waals surface area contributed by atoms with Crippen LogP contribution in [0.1, 0.15) is 17.6 Å². The standard InChI is InChI=1S/C7H6F6N2S/c1-5(14,7(11,12)13)3-2-16-4(15-3)6(8,9)10/h2H,14H2,1H3. The molecule has 0 aromatic carbocycles. The Morgan fingerprint density at radius 2 is 1.69 bits per heavy atom. The Kier molecular flexibility index (Phi) is 2.97. The van der Waals surface area contributed by atoms with Crippen molar-refractivity contribution in [2.75, 3.05) is 0 Å². The van der Waals surface area contributed by atoms with Crippen LogP contribution in [0.15, 0.2) is 5.38 Å². The zero-order chi connectivity index (χ0) is 12.8. The van der Waals surface area contributed by atoms with Crippen LogP contribution in [0.5, 0.6) is 0 Å². The maximum atomic E-state index is 12.4. The van der Waals surface area contributed by atoms with E-state index >= 15 is 0 Å². The molecule has 9 heteroatoms. The fourth-order valence-corrected chi connectivity index (χ4v) is 1.59. The Morgan fingerprint density at radius 1 is 1.19 bits per heavy atom. The maximum Gasteiger partial charge on any atom is 0.443 e. The number of thiazole rings is 1. The lowest BCUT2D eigenvalue weighted by Gasteiger charge is -2.25. The molecule has 0 saturated heterocycles. The minimum Gasteiger partial charge on any atom is -0.313 e. The van der Waals surface area contributed by atoms with E-state index in [-0.39, 0.29) is 11.3 Å². The van der Waals surface area contributed by atoms with Gasteiger partial charge in [0.1, 0.15) is 0 Å². The first-order valence-corrected chi connectivity index (χ1v) is 4.73. The highest BCUT2D eigenvalue weighted by molar-refractivity contribution is 7.09. The quantitative estimate of drug-likeness (QED) is 0.792. The molecule has 1 rings (SSSR count). The van der Waals surface area contributed by atoms with E-state index in [0.717, 1.165) is 0 Å². The average molecular weight is 264 g/mol. The molecule has 1 aromatic rings. The molecular formula is C7H6F6N2S. The second-order valence-corrected chi connectivity index (χ2v) is 4.09. The van der Waals surface area contributed by atoms with Crippen molar-refractivity contribution < 1.29 is 26.3 Å². The van der Waals surface area contributed by atoms with Crippen molar-refractivity contribution in [2.24, 2.45) is 5.73 Å². The van der Waals surface area contributed by atoms with Gasteiger partial charge in [0.2, 0.25) is 0 Å². The number of alkyl halides is 6. The lowest BCUT2D eigenvalue weighted by molar-refractivity contribution is -0.185. The molecule has 0 spiro atoms. The van der Waals surface area contributed by atoms with E-state index in [0.29, 0.717) is 12.3 Å². The van der Waals surface area contributed by atoms with Crippen LogP contribution in [0.25, 0.3) is 0 Å². The first kappa shape index (κ1) is 13.2. The second kappa shape index (κ2) is 3.59. The van der Waals surface area contributed by atoms with Crippen molar-refractivity contribution in [2.45, 2.75) is 24.8 Å². The molecule has 0 aliphatic rings. The first-order chi connectivity index (χ1) is 6.96. The van der Waals surface area contributed by atoms with Crippen molar-refractivity contribution in [3.63, 3.8) is 0 Å². The Balaban J connectivity index is 3.13. The highest BCUT2D eigenvalue weighted by atomic mass is 32.1. The van der Waals surface area contributed by atoms with Gasteiger partial charge in [-0.15, -0.1) is 11.3 Å². The number of rotatable bonds is 1. The fraction of sp³-hybridized carbons (Fsp3) is 0.571. The highest BCUT2D eigenvalue weighted by Crippen LogP contribution is 2.39. The molecule has 1 unspecified atom stereocenters. The second-order valence-electron chi connectivity index (χ2n) is 3.24. The summed E-state index contributed by atoms with van der Waals surface area (Å²) in [5.74, 6) is 0. The minimum absolute atomic E-state index is 0.0834. The van der Waals surface area contributed by atoms with E-state index in [1.807, 2.05) is 0 Å². The van der Waals surface area contributed by atoms with E-state index in [1.54, 1.807) is 0 Å². The van der Waals surface area contributed by atoms with Crippen LogP contribution in [0, 0.1) is 0 Å². The van der Waals surface area contributed by atoms with Gasteiger partial charge < -0.3 is 5.73 Å². The molecule has 2 N–H and O–H groups in total. The van der Waals surface area contributed by atoms with E-state index < -0.39 is 28.6 Å². The van der Waals surface area contributed by atoms with Crippen LogP contribution in [0.2, 0.25) is 0 Å². The summed E-state index contributed by atoms with van der Waals surface area (Å²) < 4.78 is 73.5. The van der Waals surface area contributed by atoms with Gasteiger partial charge in [-0.25, -0.2) is 4.98 Å². The van der Waals surface area contributed by atoms with Crippen molar-refractivity contribution in [3.8, 4) is 0 Å². The summed E-state index contributed by atoms with van der Waals surface area (Å²) in [6, 6.07) is 0. The van der Waals surface area contributed by atoms with Crippen LogP contribution in [-0.4, -0.2) is 11.2 Å². The molecule has 0 bridgehead atoms. The first-order valence-electron chi connectivity index (χ1n) is 3.85. The molecule has 92 valence electrons. The molecule has 0 amide bonds. The zero-order valence-electron chi connectivity index (χ0n) is 7.78. The Hall–Kier alpha value is -0.830. The predicted octanol–water partition coefficient (Wildman–Crippen LogP) is 2.90.